The molecule has 2 aliphatic rings. The van der Waals surface area contributed by atoms with Crippen molar-refractivity contribution in [2.45, 2.75) is 51.0 Å². The minimum Gasteiger partial charge on any atom is -0.356 e. The third kappa shape index (κ3) is 4.49. The lowest BCUT2D eigenvalue weighted by Gasteiger charge is -2.24. The van der Waals surface area contributed by atoms with Gasteiger partial charge in [-0.15, -0.1) is 0 Å². The molecule has 0 radical (unpaired) electrons. The number of amides is 2. The van der Waals surface area contributed by atoms with Crippen molar-refractivity contribution >= 4 is 11.8 Å². The van der Waals surface area contributed by atoms with E-state index in [-0.39, 0.29) is 23.8 Å². The maximum Gasteiger partial charge on any atom is 0.237 e. The van der Waals surface area contributed by atoms with E-state index in [0.717, 1.165) is 45.1 Å². The van der Waals surface area contributed by atoms with Crippen molar-refractivity contribution in [2.24, 2.45) is 5.92 Å². The molecule has 0 aromatic heterocycles. The van der Waals surface area contributed by atoms with Crippen LogP contribution in [-0.2, 0) is 9.59 Å². The van der Waals surface area contributed by atoms with Crippen LogP contribution in [0.5, 0.6) is 0 Å². The van der Waals surface area contributed by atoms with Crippen molar-refractivity contribution < 1.29 is 9.59 Å². The van der Waals surface area contributed by atoms with Gasteiger partial charge < -0.3 is 16.0 Å². The van der Waals surface area contributed by atoms with Crippen molar-refractivity contribution in [3.8, 4) is 0 Å². The van der Waals surface area contributed by atoms with Crippen molar-refractivity contribution in [2.75, 3.05) is 19.6 Å². The number of carbonyl (C=O) groups is 2. The Hall–Kier alpha value is -1.10. The van der Waals surface area contributed by atoms with Crippen molar-refractivity contribution in [3.05, 3.63) is 0 Å². The smallest absolute Gasteiger partial charge is 0.237 e. The topological polar surface area (TPSA) is 70.2 Å². The van der Waals surface area contributed by atoms with Crippen LogP contribution in [0.15, 0.2) is 0 Å². The molecule has 108 valence electrons. The second-order valence-corrected chi connectivity index (χ2v) is 5.57. The summed E-state index contributed by atoms with van der Waals surface area (Å²) < 4.78 is 0. The van der Waals surface area contributed by atoms with E-state index >= 15 is 0 Å². The molecule has 2 amide bonds. The van der Waals surface area contributed by atoms with Gasteiger partial charge in [-0.3, -0.25) is 9.59 Å². The lowest BCUT2D eigenvalue weighted by Crippen LogP contribution is -2.47. The summed E-state index contributed by atoms with van der Waals surface area (Å²) in [6.07, 6.45) is 7.29. The zero-order valence-electron chi connectivity index (χ0n) is 11.5. The van der Waals surface area contributed by atoms with Crippen LogP contribution >= 0.6 is 0 Å². The molecule has 2 rings (SSSR count). The molecular weight excluding hydrogens is 242 g/mol. The van der Waals surface area contributed by atoms with Gasteiger partial charge in [0.05, 0.1) is 6.04 Å². The number of hydrogen-bond acceptors (Lipinski definition) is 3. The van der Waals surface area contributed by atoms with E-state index in [0.29, 0.717) is 13.1 Å². The van der Waals surface area contributed by atoms with Gasteiger partial charge in [0.25, 0.3) is 0 Å². The molecule has 1 unspecified atom stereocenters. The summed E-state index contributed by atoms with van der Waals surface area (Å²) in [7, 11) is 0. The molecule has 1 aliphatic heterocycles. The van der Waals surface area contributed by atoms with E-state index < -0.39 is 0 Å². The third-order valence-electron chi connectivity index (χ3n) is 4.05. The van der Waals surface area contributed by atoms with Crippen LogP contribution in [0.1, 0.15) is 44.9 Å². The summed E-state index contributed by atoms with van der Waals surface area (Å²) in [4.78, 5) is 23.4. The van der Waals surface area contributed by atoms with Crippen molar-refractivity contribution in [3.63, 3.8) is 0 Å². The normalized spacial score (nSPS) is 23.5. The van der Waals surface area contributed by atoms with Gasteiger partial charge in [-0.1, -0.05) is 12.8 Å². The summed E-state index contributed by atoms with van der Waals surface area (Å²) in [6, 6.07) is -0.0154. The SMILES string of the molecule is O=C(NCCCNC(=O)C1CCCCN1)C1CCC1. The van der Waals surface area contributed by atoms with Gasteiger partial charge in [0.1, 0.15) is 0 Å². The Bertz CT molecular complexity index is 310. The maximum atomic E-state index is 11.8. The summed E-state index contributed by atoms with van der Waals surface area (Å²) in [5.41, 5.74) is 0. The lowest BCUT2D eigenvalue weighted by atomic mass is 9.85. The van der Waals surface area contributed by atoms with Gasteiger partial charge in [-0.2, -0.15) is 0 Å². The highest BCUT2D eigenvalue weighted by Gasteiger charge is 2.24. The van der Waals surface area contributed by atoms with Crippen LogP contribution < -0.4 is 16.0 Å². The molecule has 5 nitrogen and oxygen atoms in total. The molecule has 0 aromatic carbocycles. The second kappa shape index (κ2) is 7.48. The van der Waals surface area contributed by atoms with E-state index in [1.807, 2.05) is 0 Å². The minimum absolute atomic E-state index is 0.0154. The average molecular weight is 267 g/mol. The largest absolute Gasteiger partial charge is 0.356 e. The fraction of sp³-hybridized carbons (Fsp3) is 0.857. The Morgan fingerprint density at radius 3 is 2.26 bits per heavy atom. The number of nitrogens with one attached hydrogen (secondary N) is 3. The molecule has 19 heavy (non-hydrogen) atoms. The van der Waals surface area contributed by atoms with E-state index in [4.69, 9.17) is 0 Å². The summed E-state index contributed by atoms with van der Waals surface area (Å²) >= 11 is 0. The zero-order valence-corrected chi connectivity index (χ0v) is 11.5. The van der Waals surface area contributed by atoms with Gasteiger partial charge in [0.15, 0.2) is 0 Å². The van der Waals surface area contributed by atoms with Gasteiger partial charge in [0.2, 0.25) is 11.8 Å². The highest BCUT2D eigenvalue weighted by Crippen LogP contribution is 2.25. The fourth-order valence-corrected chi connectivity index (χ4v) is 2.53. The van der Waals surface area contributed by atoms with Crippen LogP contribution in [0, 0.1) is 5.92 Å². The Labute approximate surface area is 114 Å². The van der Waals surface area contributed by atoms with Crippen LogP contribution in [0.4, 0.5) is 0 Å². The molecule has 3 N–H and O–H groups in total. The van der Waals surface area contributed by atoms with Crippen LogP contribution in [0.25, 0.3) is 0 Å². The average Bonchev–Trinajstić information content (AvgIpc) is 2.37. The van der Waals surface area contributed by atoms with Crippen LogP contribution in [0.2, 0.25) is 0 Å². The zero-order chi connectivity index (χ0) is 13.5. The fourth-order valence-electron chi connectivity index (χ4n) is 2.53. The molecule has 1 saturated carbocycles. The molecule has 0 spiro atoms. The summed E-state index contributed by atoms with van der Waals surface area (Å²) in [5, 5.41) is 9.09. The highest BCUT2D eigenvalue weighted by atomic mass is 16.2. The van der Waals surface area contributed by atoms with Gasteiger partial charge in [-0.05, 0) is 38.6 Å². The number of hydrogen-bond donors (Lipinski definition) is 3. The molecule has 1 aliphatic carbocycles. The second-order valence-electron chi connectivity index (χ2n) is 5.57. The molecule has 5 heteroatoms. The maximum absolute atomic E-state index is 11.8. The lowest BCUT2D eigenvalue weighted by molar-refractivity contribution is -0.127. The third-order valence-corrected chi connectivity index (χ3v) is 4.05. The van der Waals surface area contributed by atoms with E-state index in [1.165, 1.54) is 6.42 Å². The van der Waals surface area contributed by atoms with E-state index in [1.54, 1.807) is 0 Å². The molecule has 0 aromatic rings. The van der Waals surface area contributed by atoms with Crippen molar-refractivity contribution in [1.29, 1.82) is 0 Å². The van der Waals surface area contributed by atoms with Gasteiger partial charge in [0, 0.05) is 19.0 Å². The van der Waals surface area contributed by atoms with Gasteiger partial charge >= 0.3 is 0 Å². The molecule has 1 atom stereocenters. The number of carbonyl (C=O) groups excluding carboxylic acids is 2. The van der Waals surface area contributed by atoms with Crippen LogP contribution in [-0.4, -0.2) is 37.5 Å². The van der Waals surface area contributed by atoms with Crippen molar-refractivity contribution in [1.82, 2.24) is 16.0 Å². The molecule has 1 heterocycles. The molecule has 0 bridgehead atoms. The first-order chi connectivity index (χ1) is 9.27. The first kappa shape index (κ1) is 14.3. The number of piperidine rings is 1. The Morgan fingerprint density at radius 2 is 1.68 bits per heavy atom. The monoisotopic (exact) mass is 267 g/mol. The van der Waals surface area contributed by atoms with Gasteiger partial charge in [-0.25, -0.2) is 0 Å². The van der Waals surface area contributed by atoms with E-state index in [9.17, 15) is 9.59 Å². The quantitative estimate of drug-likeness (QED) is 0.616. The first-order valence-electron chi connectivity index (χ1n) is 7.56. The Morgan fingerprint density at radius 1 is 0.947 bits per heavy atom. The summed E-state index contributed by atoms with van der Waals surface area (Å²) in [6.45, 7) is 2.24. The Balaban J connectivity index is 1.49. The predicted molar refractivity (Wildman–Crippen MR) is 73.6 cm³/mol. The standard InChI is InChI=1S/C14H25N3O2/c18-13(11-5-3-6-11)16-9-4-10-17-14(19)12-7-1-2-8-15-12/h11-12,15H,1-10H2,(H,16,18)(H,17,19). The van der Waals surface area contributed by atoms with Crippen LogP contribution in [0.3, 0.4) is 0 Å². The molecule has 2 fully saturated rings. The first-order valence-corrected chi connectivity index (χ1v) is 7.56. The number of rotatable bonds is 6. The summed E-state index contributed by atoms with van der Waals surface area (Å²) in [5.74, 6) is 0.539. The molecule has 1 saturated heterocycles. The highest BCUT2D eigenvalue weighted by molar-refractivity contribution is 5.81. The predicted octanol–water partition coefficient (Wildman–Crippen LogP) is 0.551. The minimum atomic E-state index is -0.0154. The molecular formula is C14H25N3O2. The Kier molecular flexibility index (Phi) is 5.63. The van der Waals surface area contributed by atoms with E-state index in [2.05, 4.69) is 16.0 Å².